The van der Waals surface area contributed by atoms with Crippen LogP contribution in [0.1, 0.15) is 33.5 Å². The van der Waals surface area contributed by atoms with Gasteiger partial charge in [0.1, 0.15) is 0 Å². The summed E-state index contributed by atoms with van der Waals surface area (Å²) in [5, 5.41) is 2.63. The van der Waals surface area contributed by atoms with Crippen molar-refractivity contribution in [2.45, 2.75) is 34.1 Å². The molecule has 0 amide bonds. The molecule has 0 aliphatic rings. The topological polar surface area (TPSA) is 12.9 Å². The first-order valence-electron chi connectivity index (χ1n) is 9.44. The van der Waals surface area contributed by atoms with E-state index in [2.05, 4.69) is 98.6 Å². The smallest absolute Gasteiger partial charge is 0.0401 e. The van der Waals surface area contributed by atoms with Crippen LogP contribution in [0.3, 0.4) is 0 Å². The van der Waals surface area contributed by atoms with Gasteiger partial charge in [0.25, 0.3) is 0 Å². The molecule has 0 N–H and O–H groups in total. The monoisotopic (exact) mass is 353 g/mol. The Balaban J connectivity index is 0.000000197. The van der Waals surface area contributed by atoms with Gasteiger partial charge in [-0.3, -0.25) is 4.98 Å². The van der Waals surface area contributed by atoms with Crippen molar-refractivity contribution in [3.63, 3.8) is 0 Å². The first-order chi connectivity index (χ1) is 13.0. The number of pyridine rings is 1. The maximum Gasteiger partial charge on any atom is 0.0401 e. The zero-order valence-electron chi connectivity index (χ0n) is 16.7. The summed E-state index contributed by atoms with van der Waals surface area (Å²) in [7, 11) is 0. The highest BCUT2D eigenvalue weighted by Crippen LogP contribution is 2.18. The third kappa shape index (κ3) is 5.27. The summed E-state index contributed by atoms with van der Waals surface area (Å²) in [5.41, 5.74) is 7.69. The Hall–Kier alpha value is -2.93. The van der Waals surface area contributed by atoms with Gasteiger partial charge in [0.2, 0.25) is 0 Å². The molecular weight excluding hydrogens is 326 g/mol. The van der Waals surface area contributed by atoms with Crippen LogP contribution in [0.15, 0.2) is 79.0 Å². The Morgan fingerprint density at radius 2 is 1.30 bits per heavy atom. The molecule has 0 radical (unpaired) electrons. The molecule has 0 aliphatic heterocycles. The predicted molar refractivity (Wildman–Crippen MR) is 116 cm³/mol. The van der Waals surface area contributed by atoms with E-state index in [0.717, 1.165) is 12.1 Å². The van der Waals surface area contributed by atoms with Crippen LogP contribution in [-0.4, -0.2) is 4.98 Å². The molecule has 0 fully saturated rings. The first-order valence-corrected chi connectivity index (χ1v) is 9.44. The molecule has 0 aliphatic carbocycles. The van der Waals surface area contributed by atoms with Crippen LogP contribution in [0.5, 0.6) is 0 Å². The van der Waals surface area contributed by atoms with Crippen LogP contribution >= 0.6 is 0 Å². The van der Waals surface area contributed by atoms with Gasteiger partial charge in [-0.15, -0.1) is 0 Å². The van der Waals surface area contributed by atoms with Crippen molar-refractivity contribution in [2.75, 3.05) is 0 Å². The van der Waals surface area contributed by atoms with Crippen molar-refractivity contribution in [1.29, 1.82) is 0 Å². The lowest BCUT2D eigenvalue weighted by Crippen LogP contribution is -1.88. The van der Waals surface area contributed by atoms with Crippen LogP contribution in [0.25, 0.3) is 10.8 Å². The van der Waals surface area contributed by atoms with Crippen molar-refractivity contribution in [3.05, 3.63) is 113 Å². The fourth-order valence-electron chi connectivity index (χ4n) is 3.07. The van der Waals surface area contributed by atoms with Crippen molar-refractivity contribution in [1.82, 2.24) is 4.98 Å². The molecular formula is C26H27N. The third-order valence-electron chi connectivity index (χ3n) is 4.82. The van der Waals surface area contributed by atoms with Crippen LogP contribution in [0, 0.1) is 27.7 Å². The Morgan fingerprint density at radius 1 is 0.630 bits per heavy atom. The first kappa shape index (κ1) is 18.8. The Kier molecular flexibility index (Phi) is 6.03. The van der Waals surface area contributed by atoms with Gasteiger partial charge in [-0.1, -0.05) is 78.4 Å². The van der Waals surface area contributed by atoms with Gasteiger partial charge in [-0.2, -0.15) is 0 Å². The van der Waals surface area contributed by atoms with Gasteiger partial charge < -0.3 is 0 Å². The maximum absolute atomic E-state index is 4.18. The molecule has 1 aromatic heterocycles. The average Bonchev–Trinajstić information content (AvgIpc) is 2.67. The number of aryl methyl sites for hydroxylation is 4. The number of rotatable bonds is 2. The second-order valence-corrected chi connectivity index (χ2v) is 7.26. The molecule has 0 saturated heterocycles. The molecule has 0 unspecified atom stereocenters. The lowest BCUT2D eigenvalue weighted by Gasteiger charge is -2.04. The van der Waals surface area contributed by atoms with Crippen LogP contribution in [-0.2, 0) is 6.42 Å². The predicted octanol–water partition coefficient (Wildman–Crippen LogP) is 6.75. The van der Waals surface area contributed by atoms with E-state index >= 15 is 0 Å². The molecule has 1 heteroatoms. The summed E-state index contributed by atoms with van der Waals surface area (Å²) in [5.74, 6) is 0. The second kappa shape index (κ2) is 8.64. The van der Waals surface area contributed by atoms with Crippen LogP contribution < -0.4 is 0 Å². The Morgan fingerprint density at radius 3 is 1.96 bits per heavy atom. The molecule has 1 nitrogen and oxygen atoms in total. The fraction of sp³-hybridized carbons (Fsp3) is 0.192. The molecule has 0 atom stereocenters. The van der Waals surface area contributed by atoms with Crippen LogP contribution in [0.4, 0.5) is 0 Å². The summed E-state index contributed by atoms with van der Waals surface area (Å²) in [6.07, 6.45) is 2.90. The van der Waals surface area contributed by atoms with E-state index < -0.39 is 0 Å². The van der Waals surface area contributed by atoms with Crippen molar-refractivity contribution >= 4 is 10.8 Å². The summed E-state index contributed by atoms with van der Waals surface area (Å²) >= 11 is 0. The van der Waals surface area contributed by atoms with Gasteiger partial charge in [0.15, 0.2) is 0 Å². The number of benzene rings is 3. The number of nitrogens with zero attached hydrogens (tertiary/aromatic N) is 1. The highest BCUT2D eigenvalue weighted by Gasteiger charge is 1.98. The van der Waals surface area contributed by atoms with Crippen molar-refractivity contribution < 1.29 is 0 Å². The molecule has 0 bridgehead atoms. The molecule has 3 aromatic carbocycles. The van der Waals surface area contributed by atoms with E-state index in [1.165, 1.54) is 38.6 Å². The number of aromatic nitrogens is 1. The normalized spacial score (nSPS) is 10.4. The van der Waals surface area contributed by atoms with E-state index in [1.54, 1.807) is 0 Å². The minimum absolute atomic E-state index is 1.01. The Labute approximate surface area is 162 Å². The van der Waals surface area contributed by atoms with Gasteiger partial charge >= 0.3 is 0 Å². The standard InChI is InChI=1S/C18H16.C8H11N/c1-14-6-8-15(9-7-14)12-16-10-11-17-4-2-3-5-18(17)13-16;1-6-4-7(2)8(3)9-5-6/h2-11,13H,12H2,1H3;4-5H,1-3H3. The van der Waals surface area contributed by atoms with Gasteiger partial charge in [-0.25, -0.2) is 0 Å². The highest BCUT2D eigenvalue weighted by molar-refractivity contribution is 5.83. The van der Waals surface area contributed by atoms with Crippen molar-refractivity contribution in [2.24, 2.45) is 0 Å². The van der Waals surface area contributed by atoms with Crippen molar-refractivity contribution in [3.8, 4) is 0 Å². The average molecular weight is 354 g/mol. The van der Waals surface area contributed by atoms with E-state index in [1.807, 2.05) is 13.1 Å². The minimum Gasteiger partial charge on any atom is -0.261 e. The second-order valence-electron chi connectivity index (χ2n) is 7.26. The summed E-state index contributed by atoms with van der Waals surface area (Å²) in [4.78, 5) is 4.18. The molecule has 4 rings (SSSR count). The van der Waals surface area contributed by atoms with E-state index in [4.69, 9.17) is 0 Å². The van der Waals surface area contributed by atoms with Gasteiger partial charge in [-0.05, 0) is 67.1 Å². The van der Waals surface area contributed by atoms with E-state index in [-0.39, 0.29) is 0 Å². The lowest BCUT2D eigenvalue weighted by atomic mass is 10.0. The van der Waals surface area contributed by atoms with Gasteiger partial charge in [0.05, 0.1) is 0 Å². The fourth-order valence-corrected chi connectivity index (χ4v) is 3.07. The molecule has 0 saturated carbocycles. The molecule has 4 aromatic rings. The Bertz CT molecular complexity index is 1030. The quantitative estimate of drug-likeness (QED) is 0.388. The van der Waals surface area contributed by atoms with Crippen LogP contribution in [0.2, 0.25) is 0 Å². The summed E-state index contributed by atoms with van der Waals surface area (Å²) in [6, 6.07) is 26.2. The van der Waals surface area contributed by atoms with E-state index in [0.29, 0.717) is 0 Å². The van der Waals surface area contributed by atoms with Gasteiger partial charge in [0, 0.05) is 11.9 Å². The molecule has 1 heterocycles. The lowest BCUT2D eigenvalue weighted by molar-refractivity contribution is 1.12. The largest absolute Gasteiger partial charge is 0.261 e. The molecule has 0 spiro atoms. The zero-order valence-corrected chi connectivity index (χ0v) is 16.7. The minimum atomic E-state index is 1.01. The highest BCUT2D eigenvalue weighted by atomic mass is 14.7. The number of hydrogen-bond acceptors (Lipinski definition) is 1. The molecule has 27 heavy (non-hydrogen) atoms. The number of hydrogen-bond donors (Lipinski definition) is 0. The molecule has 136 valence electrons. The zero-order chi connectivity index (χ0) is 19.2. The SMILES string of the molecule is Cc1ccc(Cc2ccc3ccccc3c2)cc1.Cc1cnc(C)c(C)c1. The maximum atomic E-state index is 4.18. The summed E-state index contributed by atoms with van der Waals surface area (Å²) < 4.78 is 0. The van der Waals surface area contributed by atoms with E-state index in [9.17, 15) is 0 Å². The summed E-state index contributed by atoms with van der Waals surface area (Å²) in [6.45, 7) is 8.28. The number of fused-ring (bicyclic) bond motifs is 1. The third-order valence-corrected chi connectivity index (χ3v) is 4.82.